The topological polar surface area (TPSA) is 59.2 Å². The molecule has 1 aliphatic carbocycles. The second-order valence-electron chi connectivity index (χ2n) is 4.96. The number of amides is 1. The number of aromatic nitrogens is 1. The van der Waals surface area contributed by atoms with E-state index in [0.29, 0.717) is 17.2 Å². The second kappa shape index (κ2) is 7.06. The van der Waals surface area contributed by atoms with Gasteiger partial charge in [0.25, 0.3) is 5.91 Å². The van der Waals surface area contributed by atoms with E-state index in [-0.39, 0.29) is 12.5 Å². The number of hydrogen-bond acceptors (Lipinski definition) is 3. The zero-order chi connectivity index (χ0) is 14.4. The Kier molecular flexibility index (Phi) is 5.14. The predicted octanol–water partition coefficient (Wildman–Crippen LogP) is 1.80. The first-order valence-corrected chi connectivity index (χ1v) is 7.21. The summed E-state index contributed by atoms with van der Waals surface area (Å²) in [6.07, 6.45) is 7.92. The van der Waals surface area contributed by atoms with Gasteiger partial charge >= 0.3 is 0 Å². The van der Waals surface area contributed by atoms with Gasteiger partial charge in [-0.1, -0.05) is 24.7 Å². The van der Waals surface area contributed by atoms with E-state index in [4.69, 9.17) is 5.73 Å². The van der Waals surface area contributed by atoms with Crippen LogP contribution in [-0.2, 0) is 0 Å². The summed E-state index contributed by atoms with van der Waals surface area (Å²) >= 11 is 0. The maximum Gasteiger partial charge on any atom is 0.255 e. The maximum absolute atomic E-state index is 12.7. The fourth-order valence-corrected chi connectivity index (χ4v) is 2.77. The minimum atomic E-state index is 0.0584. The number of carbonyl (C=O) groups excluding carboxylic acids is 1. The van der Waals surface area contributed by atoms with Gasteiger partial charge in [0.05, 0.1) is 17.7 Å². The Labute approximate surface area is 120 Å². The van der Waals surface area contributed by atoms with E-state index in [1.165, 1.54) is 12.8 Å². The first-order chi connectivity index (χ1) is 9.77. The van der Waals surface area contributed by atoms with Gasteiger partial charge in [0.2, 0.25) is 0 Å². The van der Waals surface area contributed by atoms with Crippen molar-refractivity contribution in [1.29, 1.82) is 0 Å². The molecule has 0 unspecified atom stereocenters. The number of rotatable bonds is 3. The molecule has 0 aromatic carbocycles. The molecule has 1 aromatic rings. The molecule has 1 saturated carbocycles. The van der Waals surface area contributed by atoms with E-state index in [1.54, 1.807) is 18.5 Å². The van der Waals surface area contributed by atoms with Crippen LogP contribution in [0.4, 0.5) is 0 Å². The summed E-state index contributed by atoms with van der Waals surface area (Å²) in [5.41, 5.74) is 6.70. The molecule has 0 spiro atoms. The van der Waals surface area contributed by atoms with Crippen LogP contribution in [0.2, 0.25) is 0 Å². The highest BCUT2D eigenvalue weighted by atomic mass is 16.2. The molecule has 4 nitrogen and oxygen atoms in total. The molecule has 2 rings (SSSR count). The molecule has 1 aliphatic rings. The van der Waals surface area contributed by atoms with Crippen molar-refractivity contribution < 1.29 is 4.79 Å². The van der Waals surface area contributed by atoms with Crippen molar-refractivity contribution in [1.82, 2.24) is 9.88 Å². The summed E-state index contributed by atoms with van der Waals surface area (Å²) < 4.78 is 0. The van der Waals surface area contributed by atoms with Gasteiger partial charge < -0.3 is 10.6 Å². The SMILES string of the molecule is CCN(C(=O)c1ccncc1C#CCN)C1CCCC1. The van der Waals surface area contributed by atoms with Crippen molar-refractivity contribution in [3.05, 3.63) is 29.6 Å². The molecule has 106 valence electrons. The van der Waals surface area contributed by atoms with E-state index < -0.39 is 0 Å². The van der Waals surface area contributed by atoms with E-state index in [9.17, 15) is 4.79 Å². The lowest BCUT2D eigenvalue weighted by Gasteiger charge is -2.28. The molecule has 1 fully saturated rings. The number of hydrogen-bond donors (Lipinski definition) is 1. The Hall–Kier alpha value is -1.86. The minimum absolute atomic E-state index is 0.0584. The Morgan fingerprint density at radius 3 is 2.90 bits per heavy atom. The smallest absolute Gasteiger partial charge is 0.255 e. The first kappa shape index (κ1) is 14.5. The predicted molar refractivity (Wildman–Crippen MR) is 79.1 cm³/mol. The van der Waals surface area contributed by atoms with Gasteiger partial charge in [-0.15, -0.1) is 0 Å². The normalized spacial score (nSPS) is 14.7. The van der Waals surface area contributed by atoms with Crippen LogP contribution in [0.5, 0.6) is 0 Å². The van der Waals surface area contributed by atoms with Crippen molar-refractivity contribution in [3.63, 3.8) is 0 Å². The lowest BCUT2D eigenvalue weighted by molar-refractivity contribution is 0.0693. The highest BCUT2D eigenvalue weighted by Gasteiger charge is 2.27. The third-order valence-electron chi connectivity index (χ3n) is 3.74. The third kappa shape index (κ3) is 3.17. The van der Waals surface area contributed by atoms with Gasteiger partial charge in [-0.2, -0.15) is 0 Å². The van der Waals surface area contributed by atoms with Gasteiger partial charge in [0.1, 0.15) is 0 Å². The van der Waals surface area contributed by atoms with Crippen molar-refractivity contribution in [2.24, 2.45) is 5.73 Å². The molecule has 0 atom stereocenters. The highest BCUT2D eigenvalue weighted by Crippen LogP contribution is 2.25. The number of nitrogens with zero attached hydrogens (tertiary/aromatic N) is 2. The molecule has 1 amide bonds. The van der Waals surface area contributed by atoms with E-state index in [0.717, 1.165) is 19.4 Å². The van der Waals surface area contributed by atoms with Crippen LogP contribution >= 0.6 is 0 Å². The summed E-state index contributed by atoms with van der Waals surface area (Å²) in [6.45, 7) is 3.04. The van der Waals surface area contributed by atoms with Crippen LogP contribution in [0, 0.1) is 11.8 Å². The van der Waals surface area contributed by atoms with Crippen molar-refractivity contribution in [2.45, 2.75) is 38.6 Å². The molecule has 0 aliphatic heterocycles. The molecule has 0 radical (unpaired) electrons. The Balaban J connectivity index is 2.27. The molecule has 4 heteroatoms. The Morgan fingerprint density at radius 1 is 1.50 bits per heavy atom. The van der Waals surface area contributed by atoms with Gasteiger partial charge in [0.15, 0.2) is 0 Å². The molecular formula is C16H21N3O. The Morgan fingerprint density at radius 2 is 2.25 bits per heavy atom. The Bertz CT molecular complexity index is 524. The van der Waals surface area contributed by atoms with Crippen molar-refractivity contribution >= 4 is 5.91 Å². The van der Waals surface area contributed by atoms with Crippen molar-refractivity contribution in [3.8, 4) is 11.8 Å². The zero-order valence-electron chi connectivity index (χ0n) is 11.9. The summed E-state index contributed by atoms with van der Waals surface area (Å²) in [5.74, 6) is 5.79. The first-order valence-electron chi connectivity index (χ1n) is 7.21. The number of pyridine rings is 1. The van der Waals surface area contributed by atoms with Gasteiger partial charge in [-0.3, -0.25) is 9.78 Å². The second-order valence-corrected chi connectivity index (χ2v) is 4.96. The van der Waals surface area contributed by atoms with Gasteiger partial charge in [0, 0.05) is 25.0 Å². The average Bonchev–Trinajstić information content (AvgIpc) is 3.00. The summed E-state index contributed by atoms with van der Waals surface area (Å²) in [7, 11) is 0. The molecular weight excluding hydrogens is 250 g/mol. The van der Waals surface area contributed by atoms with E-state index in [2.05, 4.69) is 16.8 Å². The highest BCUT2D eigenvalue weighted by molar-refractivity contribution is 5.96. The molecule has 1 aromatic heterocycles. The lowest BCUT2D eigenvalue weighted by atomic mass is 10.1. The lowest BCUT2D eigenvalue weighted by Crippen LogP contribution is -2.39. The zero-order valence-corrected chi connectivity index (χ0v) is 11.9. The molecule has 2 N–H and O–H groups in total. The number of nitrogens with two attached hydrogens (primary N) is 1. The fraction of sp³-hybridized carbons (Fsp3) is 0.500. The third-order valence-corrected chi connectivity index (χ3v) is 3.74. The van der Waals surface area contributed by atoms with Gasteiger partial charge in [-0.25, -0.2) is 0 Å². The van der Waals surface area contributed by atoms with Crippen LogP contribution in [0.3, 0.4) is 0 Å². The van der Waals surface area contributed by atoms with Crippen LogP contribution in [-0.4, -0.2) is 34.9 Å². The van der Waals surface area contributed by atoms with Crippen LogP contribution in [0.15, 0.2) is 18.5 Å². The largest absolute Gasteiger partial charge is 0.336 e. The number of carbonyl (C=O) groups is 1. The van der Waals surface area contributed by atoms with Crippen LogP contribution < -0.4 is 5.73 Å². The monoisotopic (exact) mass is 271 g/mol. The fourth-order valence-electron chi connectivity index (χ4n) is 2.77. The average molecular weight is 271 g/mol. The molecule has 0 bridgehead atoms. The summed E-state index contributed by atoms with van der Waals surface area (Å²) in [5, 5.41) is 0. The molecule has 1 heterocycles. The van der Waals surface area contributed by atoms with E-state index in [1.807, 2.05) is 11.8 Å². The maximum atomic E-state index is 12.7. The summed E-state index contributed by atoms with van der Waals surface area (Å²) in [4.78, 5) is 18.8. The van der Waals surface area contributed by atoms with Crippen LogP contribution in [0.1, 0.15) is 48.5 Å². The van der Waals surface area contributed by atoms with E-state index >= 15 is 0 Å². The van der Waals surface area contributed by atoms with Crippen molar-refractivity contribution in [2.75, 3.05) is 13.1 Å². The quantitative estimate of drug-likeness (QED) is 0.853. The molecule has 0 saturated heterocycles. The van der Waals surface area contributed by atoms with Crippen LogP contribution in [0.25, 0.3) is 0 Å². The standard InChI is InChI=1S/C16H21N3O/c1-2-19(14-7-3-4-8-14)16(20)15-9-11-18-12-13(15)6-5-10-17/h9,11-12,14H,2-4,7-8,10,17H2,1H3. The van der Waals surface area contributed by atoms with Gasteiger partial charge in [-0.05, 0) is 25.8 Å². The summed E-state index contributed by atoms with van der Waals surface area (Å²) in [6, 6.07) is 2.12. The molecule has 20 heavy (non-hydrogen) atoms. The minimum Gasteiger partial charge on any atom is -0.336 e.